The van der Waals surface area contributed by atoms with E-state index in [0.29, 0.717) is 23.6 Å². The molecule has 0 aromatic heterocycles. The fourth-order valence-electron chi connectivity index (χ4n) is 2.23. The van der Waals surface area contributed by atoms with E-state index in [2.05, 4.69) is 6.92 Å². The van der Waals surface area contributed by atoms with Crippen LogP contribution in [0.4, 0.5) is 5.69 Å². The van der Waals surface area contributed by atoms with Crippen LogP contribution in [0.3, 0.4) is 0 Å². The van der Waals surface area contributed by atoms with Gasteiger partial charge >= 0.3 is 5.97 Å². The van der Waals surface area contributed by atoms with Crippen LogP contribution in [0.25, 0.3) is 0 Å². The third-order valence-electron chi connectivity index (χ3n) is 3.46. The van der Waals surface area contributed by atoms with Gasteiger partial charge in [-0.15, -0.1) is 0 Å². The number of hydrogen-bond donors (Lipinski definition) is 1. The Hall–Kier alpha value is -1.71. The van der Waals surface area contributed by atoms with E-state index in [9.17, 15) is 4.79 Å². The van der Waals surface area contributed by atoms with Gasteiger partial charge in [0, 0.05) is 5.69 Å². The zero-order valence-corrected chi connectivity index (χ0v) is 13.2. The number of anilines is 1. The number of unbranched alkanes of at least 4 members (excludes halogenated alkanes) is 6. The first kappa shape index (κ1) is 17.3. The lowest BCUT2D eigenvalue weighted by atomic mass is 10.1. The van der Waals surface area contributed by atoms with Crippen molar-refractivity contribution in [2.75, 3.05) is 19.5 Å². The van der Waals surface area contributed by atoms with Gasteiger partial charge in [0.25, 0.3) is 0 Å². The number of nitrogen functional groups attached to an aromatic ring is 1. The molecule has 21 heavy (non-hydrogen) atoms. The smallest absolute Gasteiger partial charge is 0.344 e. The largest absolute Gasteiger partial charge is 0.496 e. The molecule has 0 radical (unpaired) electrons. The number of esters is 1. The molecule has 0 heterocycles. The normalized spacial score (nSPS) is 10.4. The molecule has 1 aromatic carbocycles. The summed E-state index contributed by atoms with van der Waals surface area (Å²) in [6, 6.07) is 5.13. The molecule has 0 bridgehead atoms. The number of hydrogen-bond acceptors (Lipinski definition) is 4. The van der Waals surface area contributed by atoms with Gasteiger partial charge in [0.05, 0.1) is 13.7 Å². The number of methoxy groups -OCH3 is 1. The Morgan fingerprint density at radius 3 is 2.43 bits per heavy atom. The fraction of sp³-hybridized carbons (Fsp3) is 0.588. The fourth-order valence-corrected chi connectivity index (χ4v) is 2.23. The standard InChI is InChI=1S/C17H27NO3/c1-3-4-5-6-7-8-9-13-21-17(19)16-14(18)11-10-12-15(16)20-2/h10-12H,3-9,13,18H2,1-2H3. The highest BCUT2D eigenvalue weighted by Gasteiger charge is 2.16. The number of rotatable bonds is 10. The molecule has 118 valence electrons. The minimum absolute atomic E-state index is 0.322. The van der Waals surface area contributed by atoms with Gasteiger partial charge in [-0.05, 0) is 18.6 Å². The van der Waals surface area contributed by atoms with E-state index < -0.39 is 5.97 Å². The van der Waals surface area contributed by atoms with E-state index in [1.165, 1.54) is 39.2 Å². The number of carbonyl (C=O) groups excluding carboxylic acids is 1. The Kier molecular flexibility index (Phi) is 8.32. The molecule has 0 aliphatic heterocycles. The average Bonchev–Trinajstić information content (AvgIpc) is 2.49. The van der Waals surface area contributed by atoms with Crippen LogP contribution in [0.2, 0.25) is 0 Å². The minimum atomic E-state index is -0.407. The highest BCUT2D eigenvalue weighted by Crippen LogP contribution is 2.24. The first-order valence-corrected chi connectivity index (χ1v) is 7.80. The third kappa shape index (κ3) is 6.06. The van der Waals surface area contributed by atoms with E-state index in [1.807, 2.05) is 0 Å². The summed E-state index contributed by atoms with van der Waals surface area (Å²) >= 11 is 0. The maximum absolute atomic E-state index is 12.0. The topological polar surface area (TPSA) is 61.5 Å². The number of ether oxygens (including phenoxy) is 2. The second-order valence-corrected chi connectivity index (χ2v) is 5.18. The van der Waals surface area contributed by atoms with Crippen LogP contribution in [-0.4, -0.2) is 19.7 Å². The van der Waals surface area contributed by atoms with Gasteiger partial charge in [-0.25, -0.2) is 4.79 Å². The van der Waals surface area contributed by atoms with Crippen molar-refractivity contribution < 1.29 is 14.3 Å². The summed E-state index contributed by atoms with van der Waals surface area (Å²) in [6.07, 6.45) is 8.33. The molecule has 0 atom stereocenters. The summed E-state index contributed by atoms with van der Waals surface area (Å²) in [5.74, 6) is 0.0514. The maximum Gasteiger partial charge on any atom is 0.344 e. The van der Waals surface area contributed by atoms with E-state index in [0.717, 1.165) is 12.8 Å². The van der Waals surface area contributed by atoms with E-state index in [-0.39, 0.29) is 0 Å². The van der Waals surface area contributed by atoms with Crippen LogP contribution in [0, 0.1) is 0 Å². The monoisotopic (exact) mass is 293 g/mol. The quantitative estimate of drug-likeness (QED) is 0.399. The van der Waals surface area contributed by atoms with Gasteiger partial charge in [-0.3, -0.25) is 0 Å². The van der Waals surface area contributed by atoms with Gasteiger partial charge in [0.1, 0.15) is 11.3 Å². The minimum Gasteiger partial charge on any atom is -0.496 e. The zero-order chi connectivity index (χ0) is 15.5. The molecule has 0 saturated heterocycles. The van der Waals surface area contributed by atoms with Gasteiger partial charge < -0.3 is 15.2 Å². The van der Waals surface area contributed by atoms with Crippen molar-refractivity contribution in [2.24, 2.45) is 0 Å². The van der Waals surface area contributed by atoms with Crippen molar-refractivity contribution in [3.63, 3.8) is 0 Å². The highest BCUT2D eigenvalue weighted by molar-refractivity contribution is 5.98. The van der Waals surface area contributed by atoms with Crippen molar-refractivity contribution in [3.05, 3.63) is 23.8 Å². The molecule has 0 saturated carbocycles. The SMILES string of the molecule is CCCCCCCCCOC(=O)c1c(N)cccc1OC. The molecule has 0 spiro atoms. The lowest BCUT2D eigenvalue weighted by Crippen LogP contribution is -2.11. The van der Waals surface area contributed by atoms with Gasteiger partial charge in [-0.1, -0.05) is 51.5 Å². The Balaban J connectivity index is 2.28. The molecule has 4 nitrogen and oxygen atoms in total. The molecule has 0 unspecified atom stereocenters. The van der Waals surface area contributed by atoms with Crippen molar-refractivity contribution in [1.29, 1.82) is 0 Å². The van der Waals surface area contributed by atoms with Gasteiger partial charge in [-0.2, -0.15) is 0 Å². The van der Waals surface area contributed by atoms with Crippen molar-refractivity contribution >= 4 is 11.7 Å². The zero-order valence-electron chi connectivity index (χ0n) is 13.2. The van der Waals surface area contributed by atoms with Crippen LogP contribution in [0.15, 0.2) is 18.2 Å². The summed E-state index contributed by atoms with van der Waals surface area (Å²) in [7, 11) is 1.52. The van der Waals surface area contributed by atoms with Crippen LogP contribution in [0.5, 0.6) is 5.75 Å². The maximum atomic E-state index is 12.0. The number of nitrogens with two attached hydrogens (primary N) is 1. The first-order chi connectivity index (χ1) is 10.2. The van der Waals surface area contributed by atoms with Crippen LogP contribution in [0.1, 0.15) is 62.2 Å². The van der Waals surface area contributed by atoms with Crippen molar-refractivity contribution in [2.45, 2.75) is 51.9 Å². The molecule has 0 amide bonds. The Bertz CT molecular complexity index is 432. The second-order valence-electron chi connectivity index (χ2n) is 5.18. The van der Waals surface area contributed by atoms with E-state index >= 15 is 0 Å². The average molecular weight is 293 g/mol. The summed E-state index contributed by atoms with van der Waals surface area (Å²) in [5.41, 5.74) is 6.53. The van der Waals surface area contributed by atoms with Crippen LogP contribution >= 0.6 is 0 Å². The van der Waals surface area contributed by atoms with E-state index in [4.69, 9.17) is 15.2 Å². The summed E-state index contributed by atoms with van der Waals surface area (Å²) in [4.78, 5) is 12.0. The first-order valence-electron chi connectivity index (χ1n) is 7.80. The van der Waals surface area contributed by atoms with Crippen molar-refractivity contribution in [1.82, 2.24) is 0 Å². The van der Waals surface area contributed by atoms with Crippen LogP contribution < -0.4 is 10.5 Å². The molecule has 4 heteroatoms. The molecule has 0 fully saturated rings. The lowest BCUT2D eigenvalue weighted by Gasteiger charge is -2.10. The summed E-state index contributed by atoms with van der Waals surface area (Å²) < 4.78 is 10.4. The van der Waals surface area contributed by atoms with Gasteiger partial charge in [0.15, 0.2) is 0 Å². The van der Waals surface area contributed by atoms with Crippen molar-refractivity contribution in [3.8, 4) is 5.75 Å². The lowest BCUT2D eigenvalue weighted by molar-refractivity contribution is 0.0495. The predicted octanol–water partition coefficient (Wildman–Crippen LogP) is 4.18. The molecule has 1 aromatic rings. The van der Waals surface area contributed by atoms with E-state index in [1.54, 1.807) is 18.2 Å². The second kappa shape index (κ2) is 10.1. The number of benzene rings is 1. The molecule has 0 aliphatic carbocycles. The summed E-state index contributed by atoms with van der Waals surface area (Å²) in [6.45, 7) is 2.65. The summed E-state index contributed by atoms with van der Waals surface area (Å²) in [5, 5.41) is 0. The van der Waals surface area contributed by atoms with Crippen LogP contribution in [-0.2, 0) is 4.74 Å². The molecule has 0 aliphatic rings. The molecule has 1 rings (SSSR count). The Labute approximate surface area is 127 Å². The van der Waals surface area contributed by atoms with Gasteiger partial charge in [0.2, 0.25) is 0 Å². The highest BCUT2D eigenvalue weighted by atomic mass is 16.5. The number of carbonyl (C=O) groups is 1. The molecular weight excluding hydrogens is 266 g/mol. The third-order valence-corrected chi connectivity index (χ3v) is 3.46. The predicted molar refractivity (Wildman–Crippen MR) is 85.7 cm³/mol. The Morgan fingerprint density at radius 1 is 1.10 bits per heavy atom. The Morgan fingerprint density at radius 2 is 1.76 bits per heavy atom. The molecule has 2 N–H and O–H groups in total. The molecular formula is C17H27NO3.